The maximum atomic E-state index is 8.02. The highest BCUT2D eigenvalue weighted by molar-refractivity contribution is 5.45. The van der Waals surface area contributed by atoms with Crippen LogP contribution in [0.3, 0.4) is 0 Å². The number of benzene rings is 2. The van der Waals surface area contributed by atoms with Crippen molar-refractivity contribution in [2.75, 3.05) is 0 Å². The molecule has 0 aromatic heterocycles. The van der Waals surface area contributed by atoms with Crippen molar-refractivity contribution < 1.29 is 10.1 Å². The van der Waals surface area contributed by atoms with E-state index in [-0.39, 0.29) is 6.61 Å². The predicted molar refractivity (Wildman–Crippen MR) is 70.4 cm³/mol. The van der Waals surface area contributed by atoms with Crippen LogP contribution in [0.1, 0.15) is 11.1 Å². The summed E-state index contributed by atoms with van der Waals surface area (Å²) in [5.74, 6) is 0. The second kappa shape index (κ2) is 8.28. The summed E-state index contributed by atoms with van der Waals surface area (Å²) < 4.78 is 0. The van der Waals surface area contributed by atoms with Gasteiger partial charge in [0.25, 0.3) is 0 Å². The minimum atomic E-state index is 0.265. The first-order chi connectivity index (χ1) is 8.36. The van der Waals surface area contributed by atoms with E-state index >= 15 is 0 Å². The van der Waals surface area contributed by atoms with Gasteiger partial charge in [0.1, 0.15) is 6.61 Å². The monoisotopic (exact) mass is 228 g/mol. The van der Waals surface area contributed by atoms with Gasteiger partial charge < -0.3 is 0 Å². The molecule has 2 aromatic carbocycles. The molecule has 0 bridgehead atoms. The van der Waals surface area contributed by atoms with E-state index in [1.807, 2.05) is 66.7 Å². The van der Waals surface area contributed by atoms with Crippen LogP contribution in [0.15, 0.2) is 67.2 Å². The van der Waals surface area contributed by atoms with E-state index in [2.05, 4.69) is 11.5 Å². The third-order valence-corrected chi connectivity index (χ3v) is 2.11. The number of hydrogen-bond donors (Lipinski definition) is 1. The van der Waals surface area contributed by atoms with Crippen LogP contribution >= 0.6 is 0 Å². The molecular formula is C15H16O2. The molecule has 0 atom stereocenters. The first kappa shape index (κ1) is 13.2. The highest BCUT2D eigenvalue weighted by Gasteiger charge is 1.86. The fraction of sp³-hybridized carbons (Fsp3) is 0.0667. The smallest absolute Gasteiger partial charge is 0.107 e. The van der Waals surface area contributed by atoms with Gasteiger partial charge in [-0.3, -0.25) is 5.26 Å². The molecule has 2 heteroatoms. The van der Waals surface area contributed by atoms with Gasteiger partial charge in [0.2, 0.25) is 0 Å². The third kappa shape index (κ3) is 5.66. The zero-order valence-electron chi connectivity index (χ0n) is 9.62. The van der Waals surface area contributed by atoms with Gasteiger partial charge in [0, 0.05) is 0 Å². The van der Waals surface area contributed by atoms with Crippen molar-refractivity contribution in [1.82, 2.24) is 0 Å². The molecule has 0 aliphatic rings. The van der Waals surface area contributed by atoms with Crippen molar-refractivity contribution in [3.63, 3.8) is 0 Å². The Morgan fingerprint density at radius 1 is 0.941 bits per heavy atom. The summed E-state index contributed by atoms with van der Waals surface area (Å²) in [5, 5.41) is 8.02. The Labute approximate surface area is 102 Å². The highest BCUT2D eigenvalue weighted by atomic mass is 17.1. The Bertz CT molecular complexity index is 409. The molecular weight excluding hydrogens is 212 g/mol. The first-order valence-corrected chi connectivity index (χ1v) is 5.34. The van der Waals surface area contributed by atoms with Crippen molar-refractivity contribution in [3.05, 3.63) is 78.4 Å². The lowest BCUT2D eigenvalue weighted by molar-refractivity contribution is -0.253. The minimum absolute atomic E-state index is 0.265. The summed E-state index contributed by atoms with van der Waals surface area (Å²) in [7, 11) is 0. The van der Waals surface area contributed by atoms with Crippen LogP contribution in [0.4, 0.5) is 0 Å². The van der Waals surface area contributed by atoms with Crippen LogP contribution in [0.5, 0.6) is 0 Å². The second-order valence-electron chi connectivity index (χ2n) is 3.37. The van der Waals surface area contributed by atoms with Gasteiger partial charge in [-0.05, 0) is 11.1 Å². The molecule has 0 fully saturated rings. The van der Waals surface area contributed by atoms with Gasteiger partial charge in [0.15, 0.2) is 0 Å². The molecule has 0 aliphatic heterocycles. The molecule has 17 heavy (non-hydrogen) atoms. The van der Waals surface area contributed by atoms with Crippen molar-refractivity contribution in [2.24, 2.45) is 0 Å². The molecule has 0 spiro atoms. The molecule has 2 nitrogen and oxygen atoms in total. The summed E-state index contributed by atoms with van der Waals surface area (Å²) in [5.41, 5.74) is 2.15. The van der Waals surface area contributed by atoms with Crippen molar-refractivity contribution >= 4 is 6.08 Å². The van der Waals surface area contributed by atoms with Gasteiger partial charge in [-0.2, -0.15) is 0 Å². The van der Waals surface area contributed by atoms with Crippen LogP contribution in [0.2, 0.25) is 0 Å². The summed E-state index contributed by atoms with van der Waals surface area (Å²) >= 11 is 0. The second-order valence-corrected chi connectivity index (χ2v) is 3.37. The van der Waals surface area contributed by atoms with Gasteiger partial charge >= 0.3 is 0 Å². The number of hydrogen-bond acceptors (Lipinski definition) is 2. The number of rotatable bonds is 3. The van der Waals surface area contributed by atoms with Gasteiger partial charge in [0.05, 0.1) is 0 Å². The topological polar surface area (TPSA) is 29.5 Å². The quantitative estimate of drug-likeness (QED) is 0.635. The Kier molecular flexibility index (Phi) is 6.41. The molecule has 0 saturated carbocycles. The summed E-state index contributed by atoms with van der Waals surface area (Å²) in [6.07, 6.45) is 1.83. The van der Waals surface area contributed by atoms with Crippen LogP contribution in [0.25, 0.3) is 6.08 Å². The van der Waals surface area contributed by atoms with Gasteiger partial charge in [-0.1, -0.05) is 73.3 Å². The average molecular weight is 228 g/mol. The van der Waals surface area contributed by atoms with Crippen LogP contribution < -0.4 is 0 Å². The van der Waals surface area contributed by atoms with E-state index in [0.717, 1.165) is 5.56 Å². The highest BCUT2D eigenvalue weighted by Crippen LogP contribution is 1.98. The molecule has 0 radical (unpaired) electrons. The predicted octanol–water partition coefficient (Wildman–Crippen LogP) is 4.01. The molecule has 2 aromatic rings. The fourth-order valence-corrected chi connectivity index (χ4v) is 1.24. The molecule has 2 rings (SSSR count). The summed E-state index contributed by atoms with van der Waals surface area (Å²) in [4.78, 5) is 3.93. The van der Waals surface area contributed by atoms with E-state index in [4.69, 9.17) is 5.26 Å². The molecule has 0 aliphatic carbocycles. The standard InChI is InChI=1S/C8H8.C7H8O2/c1-2-8-6-4-3-5-7-8;8-9-6-7-4-2-1-3-5-7/h2-7H,1H2;1-5,8H,6H2. The summed E-state index contributed by atoms with van der Waals surface area (Å²) in [6, 6.07) is 19.5. The van der Waals surface area contributed by atoms with Crippen molar-refractivity contribution in [2.45, 2.75) is 6.61 Å². The van der Waals surface area contributed by atoms with Crippen molar-refractivity contribution in [3.8, 4) is 0 Å². The van der Waals surface area contributed by atoms with Crippen LogP contribution in [0, 0.1) is 0 Å². The Morgan fingerprint density at radius 3 is 1.88 bits per heavy atom. The minimum Gasteiger partial charge on any atom is -0.251 e. The van der Waals surface area contributed by atoms with E-state index < -0.39 is 0 Å². The lowest BCUT2D eigenvalue weighted by Crippen LogP contribution is -1.84. The SMILES string of the molecule is C=Cc1ccccc1.OOCc1ccccc1. The lowest BCUT2D eigenvalue weighted by atomic mass is 10.2. The molecule has 0 unspecified atom stereocenters. The zero-order valence-corrected chi connectivity index (χ0v) is 9.62. The maximum absolute atomic E-state index is 8.02. The Morgan fingerprint density at radius 2 is 1.47 bits per heavy atom. The van der Waals surface area contributed by atoms with E-state index in [1.165, 1.54) is 5.56 Å². The van der Waals surface area contributed by atoms with Crippen LogP contribution in [-0.2, 0) is 11.5 Å². The van der Waals surface area contributed by atoms with Crippen LogP contribution in [-0.4, -0.2) is 5.26 Å². The molecule has 88 valence electrons. The molecule has 1 N–H and O–H groups in total. The Balaban J connectivity index is 0.000000171. The third-order valence-electron chi connectivity index (χ3n) is 2.11. The van der Waals surface area contributed by atoms with Gasteiger partial charge in [-0.25, -0.2) is 4.89 Å². The van der Waals surface area contributed by atoms with Crippen molar-refractivity contribution in [1.29, 1.82) is 0 Å². The normalized spacial score (nSPS) is 9.00. The fourth-order valence-electron chi connectivity index (χ4n) is 1.24. The van der Waals surface area contributed by atoms with E-state index in [0.29, 0.717) is 0 Å². The molecule has 0 heterocycles. The zero-order chi connectivity index (χ0) is 12.3. The van der Waals surface area contributed by atoms with E-state index in [9.17, 15) is 0 Å². The lowest BCUT2D eigenvalue weighted by Gasteiger charge is -1.93. The molecule has 0 saturated heterocycles. The summed E-state index contributed by atoms with van der Waals surface area (Å²) in [6.45, 7) is 3.90. The largest absolute Gasteiger partial charge is 0.251 e. The Hall–Kier alpha value is -1.90. The average Bonchev–Trinajstić information content (AvgIpc) is 2.42. The van der Waals surface area contributed by atoms with Gasteiger partial charge in [-0.15, -0.1) is 0 Å². The first-order valence-electron chi connectivity index (χ1n) is 5.34. The molecule has 0 amide bonds. The van der Waals surface area contributed by atoms with E-state index in [1.54, 1.807) is 0 Å². The maximum Gasteiger partial charge on any atom is 0.107 e.